The van der Waals surface area contributed by atoms with Crippen molar-refractivity contribution in [3.05, 3.63) is 71.9 Å². The van der Waals surface area contributed by atoms with Crippen molar-refractivity contribution in [1.29, 1.82) is 0 Å². The number of para-hydroxylation sites is 1. The van der Waals surface area contributed by atoms with Gasteiger partial charge in [-0.25, -0.2) is 4.98 Å². The van der Waals surface area contributed by atoms with Crippen LogP contribution in [-0.2, 0) is 0 Å². The van der Waals surface area contributed by atoms with Crippen molar-refractivity contribution >= 4 is 22.5 Å². The molecule has 0 aliphatic heterocycles. The molecule has 0 spiro atoms. The molecule has 2 aromatic carbocycles. The van der Waals surface area contributed by atoms with E-state index in [2.05, 4.69) is 10.3 Å². The zero-order valence-electron chi connectivity index (χ0n) is 11.1. The summed E-state index contributed by atoms with van der Waals surface area (Å²) in [5.74, 6) is -0.195. The van der Waals surface area contributed by atoms with Crippen molar-refractivity contribution in [1.82, 2.24) is 4.98 Å². The zero-order valence-corrected chi connectivity index (χ0v) is 11.1. The van der Waals surface area contributed by atoms with E-state index in [1.54, 1.807) is 6.07 Å². The molecule has 0 fully saturated rings. The largest absolute Gasteiger partial charge is 0.321 e. The van der Waals surface area contributed by atoms with Gasteiger partial charge in [-0.15, -0.1) is 0 Å². The van der Waals surface area contributed by atoms with E-state index in [0.29, 0.717) is 5.69 Å². The highest BCUT2D eigenvalue weighted by molar-refractivity contribution is 6.04. The minimum absolute atomic E-state index is 0.195. The second-order valence-corrected chi connectivity index (χ2v) is 4.71. The first-order valence-corrected chi connectivity index (χ1v) is 6.46. The highest BCUT2D eigenvalue weighted by Crippen LogP contribution is 2.14. The number of anilines is 1. The van der Waals surface area contributed by atoms with Gasteiger partial charge in [-0.1, -0.05) is 42.0 Å². The van der Waals surface area contributed by atoms with Crippen LogP contribution >= 0.6 is 0 Å². The number of benzene rings is 2. The first-order valence-electron chi connectivity index (χ1n) is 6.46. The Kier molecular flexibility index (Phi) is 3.17. The van der Waals surface area contributed by atoms with Crippen molar-refractivity contribution in [2.45, 2.75) is 6.92 Å². The lowest BCUT2D eigenvalue weighted by Crippen LogP contribution is -2.13. The van der Waals surface area contributed by atoms with Crippen molar-refractivity contribution in [3.8, 4) is 0 Å². The van der Waals surface area contributed by atoms with Gasteiger partial charge >= 0.3 is 0 Å². The van der Waals surface area contributed by atoms with Gasteiger partial charge in [-0.3, -0.25) is 4.79 Å². The molecule has 0 saturated carbocycles. The molecule has 0 aliphatic rings. The second-order valence-electron chi connectivity index (χ2n) is 4.71. The highest BCUT2D eigenvalue weighted by Gasteiger charge is 2.08. The third kappa shape index (κ3) is 2.52. The van der Waals surface area contributed by atoms with Crippen LogP contribution in [0.15, 0.2) is 60.7 Å². The molecule has 0 radical (unpaired) electrons. The Balaban J connectivity index is 1.86. The van der Waals surface area contributed by atoms with E-state index in [9.17, 15) is 4.79 Å². The first-order chi connectivity index (χ1) is 9.72. The number of nitrogens with zero attached hydrogens (tertiary/aromatic N) is 1. The van der Waals surface area contributed by atoms with Gasteiger partial charge in [0.05, 0.1) is 5.52 Å². The zero-order chi connectivity index (χ0) is 13.9. The average molecular weight is 262 g/mol. The van der Waals surface area contributed by atoms with E-state index in [-0.39, 0.29) is 5.91 Å². The Bertz CT molecular complexity index is 763. The van der Waals surface area contributed by atoms with Crippen LogP contribution in [0.1, 0.15) is 16.1 Å². The number of aryl methyl sites for hydroxylation is 1. The summed E-state index contributed by atoms with van der Waals surface area (Å²) in [4.78, 5) is 16.5. The van der Waals surface area contributed by atoms with Crippen LogP contribution in [0.2, 0.25) is 0 Å². The number of nitrogens with one attached hydrogen (secondary N) is 1. The van der Waals surface area contributed by atoms with E-state index >= 15 is 0 Å². The Morgan fingerprint density at radius 2 is 1.70 bits per heavy atom. The highest BCUT2D eigenvalue weighted by atomic mass is 16.1. The number of rotatable bonds is 2. The summed E-state index contributed by atoms with van der Waals surface area (Å²) in [6, 6.07) is 19.1. The van der Waals surface area contributed by atoms with Crippen LogP contribution in [0, 0.1) is 6.92 Å². The van der Waals surface area contributed by atoms with Gasteiger partial charge in [0.1, 0.15) is 5.69 Å². The van der Waals surface area contributed by atoms with E-state index in [1.807, 2.05) is 61.5 Å². The lowest BCUT2D eigenvalue weighted by molar-refractivity contribution is 0.102. The summed E-state index contributed by atoms with van der Waals surface area (Å²) in [5, 5.41) is 3.88. The molecule has 0 unspecified atom stereocenters. The van der Waals surface area contributed by atoms with Crippen LogP contribution in [0.25, 0.3) is 10.9 Å². The van der Waals surface area contributed by atoms with E-state index in [1.165, 1.54) is 0 Å². The fourth-order valence-electron chi connectivity index (χ4n) is 2.02. The smallest absolute Gasteiger partial charge is 0.274 e. The van der Waals surface area contributed by atoms with Gasteiger partial charge in [-0.05, 0) is 31.2 Å². The number of pyridine rings is 1. The van der Waals surface area contributed by atoms with Gasteiger partial charge in [-0.2, -0.15) is 0 Å². The molecule has 3 heteroatoms. The summed E-state index contributed by atoms with van der Waals surface area (Å²) < 4.78 is 0. The first kappa shape index (κ1) is 12.4. The number of amides is 1. The molecule has 98 valence electrons. The summed E-state index contributed by atoms with van der Waals surface area (Å²) in [5.41, 5.74) is 3.18. The summed E-state index contributed by atoms with van der Waals surface area (Å²) in [6.45, 7) is 2.01. The fourth-order valence-corrected chi connectivity index (χ4v) is 2.02. The molecular weight excluding hydrogens is 248 g/mol. The number of aromatic nitrogens is 1. The molecular formula is C17H14N2O. The standard InChI is InChI=1S/C17H14N2O/c1-12-6-9-14(10-7-12)18-17(20)16-11-8-13-4-2-3-5-15(13)19-16/h2-11H,1H3,(H,18,20). The van der Waals surface area contributed by atoms with Crippen molar-refractivity contribution in [2.24, 2.45) is 0 Å². The number of fused-ring (bicyclic) bond motifs is 1. The SMILES string of the molecule is Cc1ccc(NC(=O)c2ccc3ccccc3n2)cc1. The molecule has 1 N–H and O–H groups in total. The predicted octanol–water partition coefficient (Wildman–Crippen LogP) is 3.80. The van der Waals surface area contributed by atoms with Gasteiger partial charge in [0, 0.05) is 11.1 Å². The van der Waals surface area contributed by atoms with E-state index < -0.39 is 0 Å². The monoisotopic (exact) mass is 262 g/mol. The predicted molar refractivity (Wildman–Crippen MR) is 80.9 cm³/mol. The molecule has 1 aromatic heterocycles. The van der Waals surface area contributed by atoms with Crippen LogP contribution < -0.4 is 5.32 Å². The lowest BCUT2D eigenvalue weighted by Gasteiger charge is -2.06. The molecule has 3 rings (SSSR count). The number of carbonyl (C=O) groups excluding carboxylic acids is 1. The maximum Gasteiger partial charge on any atom is 0.274 e. The molecule has 1 amide bonds. The van der Waals surface area contributed by atoms with Gasteiger partial charge in [0.25, 0.3) is 5.91 Å². The van der Waals surface area contributed by atoms with Crippen LogP contribution in [0.4, 0.5) is 5.69 Å². The number of hydrogen-bond donors (Lipinski definition) is 1. The maximum absolute atomic E-state index is 12.2. The third-order valence-electron chi connectivity index (χ3n) is 3.14. The molecule has 1 heterocycles. The summed E-state index contributed by atoms with van der Waals surface area (Å²) in [6.07, 6.45) is 0. The molecule has 0 bridgehead atoms. The quantitative estimate of drug-likeness (QED) is 0.763. The molecule has 0 atom stereocenters. The minimum atomic E-state index is -0.195. The third-order valence-corrected chi connectivity index (χ3v) is 3.14. The topological polar surface area (TPSA) is 42.0 Å². The van der Waals surface area contributed by atoms with Crippen LogP contribution in [0.5, 0.6) is 0 Å². The van der Waals surface area contributed by atoms with Gasteiger partial charge in [0.2, 0.25) is 0 Å². The summed E-state index contributed by atoms with van der Waals surface area (Å²) in [7, 11) is 0. The Labute approximate surface area is 117 Å². The average Bonchev–Trinajstić information content (AvgIpc) is 2.49. The second kappa shape index (κ2) is 5.13. The normalized spacial score (nSPS) is 10.4. The number of carbonyl (C=O) groups is 1. The Hall–Kier alpha value is -2.68. The van der Waals surface area contributed by atoms with Crippen molar-refractivity contribution in [3.63, 3.8) is 0 Å². The Morgan fingerprint density at radius 3 is 2.50 bits per heavy atom. The molecule has 0 saturated heterocycles. The lowest BCUT2D eigenvalue weighted by atomic mass is 10.2. The van der Waals surface area contributed by atoms with Gasteiger partial charge < -0.3 is 5.32 Å². The van der Waals surface area contributed by atoms with Gasteiger partial charge in [0.15, 0.2) is 0 Å². The van der Waals surface area contributed by atoms with Crippen LogP contribution in [-0.4, -0.2) is 10.9 Å². The molecule has 3 aromatic rings. The fraction of sp³-hybridized carbons (Fsp3) is 0.0588. The van der Waals surface area contributed by atoms with Crippen molar-refractivity contribution < 1.29 is 4.79 Å². The maximum atomic E-state index is 12.2. The van der Waals surface area contributed by atoms with E-state index in [0.717, 1.165) is 22.2 Å². The molecule has 0 aliphatic carbocycles. The summed E-state index contributed by atoms with van der Waals surface area (Å²) >= 11 is 0. The molecule has 20 heavy (non-hydrogen) atoms. The number of hydrogen-bond acceptors (Lipinski definition) is 2. The Morgan fingerprint density at radius 1 is 0.950 bits per heavy atom. The van der Waals surface area contributed by atoms with E-state index in [4.69, 9.17) is 0 Å². The molecule has 3 nitrogen and oxygen atoms in total. The van der Waals surface area contributed by atoms with Crippen LogP contribution in [0.3, 0.4) is 0 Å². The minimum Gasteiger partial charge on any atom is -0.321 e. The van der Waals surface area contributed by atoms with Crippen molar-refractivity contribution in [2.75, 3.05) is 5.32 Å².